The van der Waals surface area contributed by atoms with E-state index < -0.39 is 11.6 Å². The molecule has 0 saturated carbocycles. The van der Waals surface area contributed by atoms with Gasteiger partial charge in [-0.25, -0.2) is 13.8 Å². The number of imidazole rings is 1. The molecular formula is C15H18ClF2N3. The van der Waals surface area contributed by atoms with Crippen molar-refractivity contribution in [2.24, 2.45) is 0 Å². The molecule has 0 radical (unpaired) electrons. The zero-order chi connectivity index (χ0) is 15.0. The van der Waals surface area contributed by atoms with Gasteiger partial charge in [-0.2, -0.15) is 0 Å². The van der Waals surface area contributed by atoms with Crippen LogP contribution in [0.3, 0.4) is 0 Å². The number of likely N-dealkylation sites (N-methyl/N-ethyl adjacent to an activating group) is 1. The Bertz CT molecular complexity index is 656. The third-order valence-electron chi connectivity index (χ3n) is 4.07. The molecule has 1 unspecified atom stereocenters. The normalized spacial score (nSPS) is 20.3. The van der Waals surface area contributed by atoms with Crippen LogP contribution in [0.2, 0.25) is 0 Å². The number of nitrogens with zero attached hydrogens (tertiary/aromatic N) is 3. The van der Waals surface area contributed by atoms with E-state index in [9.17, 15) is 8.78 Å². The molecule has 3 nitrogen and oxygen atoms in total. The van der Waals surface area contributed by atoms with E-state index >= 15 is 0 Å². The fourth-order valence-corrected chi connectivity index (χ4v) is 3.36. The molecular weight excluding hydrogens is 296 g/mol. The summed E-state index contributed by atoms with van der Waals surface area (Å²) in [6.07, 6.45) is 2.61. The lowest BCUT2D eigenvalue weighted by Gasteiger charge is -2.32. The average Bonchev–Trinajstić information content (AvgIpc) is 2.77. The molecule has 0 amide bonds. The van der Waals surface area contributed by atoms with Crippen LogP contribution in [0.4, 0.5) is 8.78 Å². The Morgan fingerprint density at radius 2 is 2.19 bits per heavy atom. The highest BCUT2D eigenvalue weighted by molar-refractivity contribution is 6.17. The van der Waals surface area contributed by atoms with Gasteiger partial charge in [-0.05, 0) is 32.5 Å². The van der Waals surface area contributed by atoms with E-state index in [-0.39, 0.29) is 11.6 Å². The summed E-state index contributed by atoms with van der Waals surface area (Å²) in [4.78, 5) is 6.60. The molecule has 3 rings (SSSR count). The molecule has 1 aromatic carbocycles. The first-order valence-electron chi connectivity index (χ1n) is 7.20. The lowest BCUT2D eigenvalue weighted by Crippen LogP contribution is -2.34. The van der Waals surface area contributed by atoms with Gasteiger partial charge in [-0.15, -0.1) is 11.6 Å². The van der Waals surface area contributed by atoms with Gasteiger partial charge in [0.25, 0.3) is 0 Å². The second-order valence-electron chi connectivity index (χ2n) is 5.65. The number of benzene rings is 1. The summed E-state index contributed by atoms with van der Waals surface area (Å²) in [6, 6.07) is 2.45. The van der Waals surface area contributed by atoms with Crippen LogP contribution < -0.4 is 0 Å². The maximum atomic E-state index is 14.0. The van der Waals surface area contributed by atoms with Crippen molar-refractivity contribution >= 4 is 22.6 Å². The van der Waals surface area contributed by atoms with Crippen molar-refractivity contribution in [3.8, 4) is 0 Å². The molecule has 1 aliphatic rings. The highest BCUT2D eigenvalue weighted by Gasteiger charge is 2.24. The van der Waals surface area contributed by atoms with Crippen molar-refractivity contribution in [1.82, 2.24) is 14.5 Å². The number of fused-ring (bicyclic) bond motifs is 1. The maximum absolute atomic E-state index is 14.0. The van der Waals surface area contributed by atoms with E-state index in [1.54, 1.807) is 0 Å². The number of alkyl halides is 1. The van der Waals surface area contributed by atoms with Crippen LogP contribution in [0.5, 0.6) is 0 Å². The van der Waals surface area contributed by atoms with Crippen molar-refractivity contribution in [1.29, 1.82) is 0 Å². The number of likely N-dealkylation sites (tertiary alicyclic amines) is 1. The molecule has 1 saturated heterocycles. The summed E-state index contributed by atoms with van der Waals surface area (Å²) in [6.45, 7) is 1.91. The first-order valence-corrected chi connectivity index (χ1v) is 7.74. The van der Waals surface area contributed by atoms with Crippen molar-refractivity contribution in [2.75, 3.05) is 26.0 Å². The number of piperidine rings is 1. The average molecular weight is 314 g/mol. The van der Waals surface area contributed by atoms with E-state index in [0.717, 1.165) is 37.8 Å². The zero-order valence-electron chi connectivity index (χ0n) is 12.0. The summed E-state index contributed by atoms with van der Waals surface area (Å²) in [5, 5.41) is 0. The lowest BCUT2D eigenvalue weighted by atomic mass is 10.1. The number of aryl methyl sites for hydroxylation is 1. The fourth-order valence-electron chi connectivity index (χ4n) is 3.19. The topological polar surface area (TPSA) is 21.1 Å². The largest absolute Gasteiger partial charge is 0.323 e. The molecule has 1 aromatic heterocycles. The van der Waals surface area contributed by atoms with Gasteiger partial charge in [0, 0.05) is 31.0 Å². The van der Waals surface area contributed by atoms with Gasteiger partial charge in [-0.3, -0.25) is 0 Å². The minimum absolute atomic E-state index is 0.188. The van der Waals surface area contributed by atoms with E-state index in [1.165, 1.54) is 6.07 Å². The minimum atomic E-state index is -0.608. The minimum Gasteiger partial charge on any atom is -0.323 e. The first kappa shape index (κ1) is 14.7. The van der Waals surface area contributed by atoms with Crippen molar-refractivity contribution in [3.05, 3.63) is 29.6 Å². The second kappa shape index (κ2) is 5.89. The number of hydrogen-bond donors (Lipinski definition) is 0. The number of hydrogen-bond acceptors (Lipinski definition) is 2. The van der Waals surface area contributed by atoms with Gasteiger partial charge in [-0.1, -0.05) is 0 Å². The predicted octanol–water partition coefficient (Wildman–Crippen LogP) is 3.36. The zero-order valence-corrected chi connectivity index (χ0v) is 12.7. The van der Waals surface area contributed by atoms with Crippen LogP contribution in [0.15, 0.2) is 12.1 Å². The molecule has 1 fully saturated rings. The maximum Gasteiger partial charge on any atom is 0.153 e. The summed E-state index contributed by atoms with van der Waals surface area (Å²) in [5.41, 5.74) is 0.776. The van der Waals surface area contributed by atoms with Crippen LogP contribution in [0, 0.1) is 11.6 Å². The van der Waals surface area contributed by atoms with Crippen LogP contribution in [0.25, 0.3) is 11.0 Å². The molecule has 6 heteroatoms. The first-order chi connectivity index (χ1) is 10.1. The Morgan fingerprint density at radius 3 is 2.90 bits per heavy atom. The Kier molecular flexibility index (Phi) is 4.13. The van der Waals surface area contributed by atoms with E-state index in [4.69, 9.17) is 11.6 Å². The molecule has 2 aromatic rings. The van der Waals surface area contributed by atoms with Gasteiger partial charge in [0.05, 0.1) is 5.52 Å². The number of aromatic nitrogens is 2. The Balaban J connectivity index is 2.15. The molecule has 0 spiro atoms. The third kappa shape index (κ3) is 2.77. The van der Waals surface area contributed by atoms with Gasteiger partial charge in [0.2, 0.25) is 0 Å². The monoisotopic (exact) mass is 313 g/mol. The number of halogens is 3. The lowest BCUT2D eigenvalue weighted by molar-refractivity contribution is 0.212. The summed E-state index contributed by atoms with van der Waals surface area (Å²) < 4.78 is 29.5. The van der Waals surface area contributed by atoms with Crippen molar-refractivity contribution in [3.63, 3.8) is 0 Å². The molecule has 1 atom stereocenters. The Hall–Kier alpha value is -1.20. The highest BCUT2D eigenvalue weighted by atomic mass is 35.5. The number of rotatable bonds is 3. The molecule has 0 N–H and O–H groups in total. The van der Waals surface area contributed by atoms with Crippen molar-refractivity contribution in [2.45, 2.75) is 25.3 Å². The third-order valence-corrected chi connectivity index (χ3v) is 4.26. The summed E-state index contributed by atoms with van der Waals surface area (Å²) in [7, 11) is 2.06. The van der Waals surface area contributed by atoms with Crippen molar-refractivity contribution < 1.29 is 8.78 Å². The fraction of sp³-hybridized carbons (Fsp3) is 0.533. The molecule has 0 aliphatic carbocycles. The molecule has 1 aliphatic heterocycles. The van der Waals surface area contributed by atoms with Crippen LogP contribution in [-0.2, 0) is 6.42 Å². The van der Waals surface area contributed by atoms with Gasteiger partial charge >= 0.3 is 0 Å². The smallest absolute Gasteiger partial charge is 0.153 e. The predicted molar refractivity (Wildman–Crippen MR) is 79.8 cm³/mol. The summed E-state index contributed by atoms with van der Waals surface area (Å²) >= 11 is 5.84. The van der Waals surface area contributed by atoms with E-state index in [1.807, 2.05) is 4.57 Å². The van der Waals surface area contributed by atoms with Crippen LogP contribution in [-0.4, -0.2) is 40.5 Å². The molecule has 114 valence electrons. The van der Waals surface area contributed by atoms with Gasteiger partial charge in [0.1, 0.15) is 17.2 Å². The Morgan fingerprint density at radius 1 is 1.38 bits per heavy atom. The summed E-state index contributed by atoms with van der Waals surface area (Å²) in [5.74, 6) is -0.0213. The highest BCUT2D eigenvalue weighted by Crippen LogP contribution is 2.29. The SMILES string of the molecule is CN1CCCC(n2c(CCCl)nc3c(F)cc(F)cc32)C1. The van der Waals surface area contributed by atoms with Gasteiger partial charge < -0.3 is 9.47 Å². The van der Waals surface area contributed by atoms with E-state index in [0.29, 0.717) is 17.8 Å². The van der Waals surface area contributed by atoms with Gasteiger partial charge in [0.15, 0.2) is 5.82 Å². The Labute approximate surface area is 127 Å². The standard InChI is InChI=1S/C15H18ClF2N3/c1-20-6-2-3-11(9-20)21-13-8-10(17)7-12(18)15(13)19-14(21)4-5-16/h7-8,11H,2-6,9H2,1H3. The van der Waals surface area contributed by atoms with Crippen LogP contribution in [0.1, 0.15) is 24.7 Å². The van der Waals surface area contributed by atoms with Crippen LogP contribution >= 0.6 is 11.6 Å². The molecule has 0 bridgehead atoms. The molecule has 2 heterocycles. The molecule has 21 heavy (non-hydrogen) atoms. The van der Waals surface area contributed by atoms with E-state index in [2.05, 4.69) is 16.9 Å². The quantitative estimate of drug-likeness (QED) is 0.810. The second-order valence-corrected chi connectivity index (χ2v) is 6.03.